The molecule has 1 aliphatic heterocycles. The van der Waals surface area contributed by atoms with E-state index in [1.807, 2.05) is 18.4 Å². The first-order valence-corrected chi connectivity index (χ1v) is 8.94. The Labute approximate surface area is 131 Å². The Morgan fingerprint density at radius 1 is 1.38 bits per heavy atom. The normalized spacial score (nSPS) is 23.5. The lowest BCUT2D eigenvalue weighted by molar-refractivity contribution is 0.314. The molecule has 2 aliphatic rings. The molecule has 4 nitrogen and oxygen atoms in total. The summed E-state index contributed by atoms with van der Waals surface area (Å²) in [7, 11) is 1.85. The third-order valence-electron chi connectivity index (χ3n) is 4.41. The van der Waals surface area contributed by atoms with E-state index in [1.165, 1.54) is 37.2 Å². The van der Waals surface area contributed by atoms with E-state index in [0.717, 1.165) is 37.4 Å². The average molecular weight is 306 g/mol. The standard InChI is InChI=1S/C16H26N4S/c1-17-16(18-8-6-15-3-2-10-21-15)19-11-13-7-9-20(12-13)14-4-5-14/h2-3,10,13-14H,4-9,11-12H2,1H3,(H2,17,18,19). The first kappa shape index (κ1) is 14.9. The lowest BCUT2D eigenvalue weighted by Crippen LogP contribution is -2.41. The third-order valence-corrected chi connectivity index (χ3v) is 5.34. The number of hydrogen-bond acceptors (Lipinski definition) is 3. The Hall–Kier alpha value is -1.07. The maximum Gasteiger partial charge on any atom is 0.190 e. The summed E-state index contributed by atoms with van der Waals surface area (Å²) >= 11 is 1.82. The van der Waals surface area contributed by atoms with Crippen LogP contribution in [0.2, 0.25) is 0 Å². The number of rotatable bonds is 6. The topological polar surface area (TPSA) is 39.7 Å². The van der Waals surface area contributed by atoms with E-state index in [9.17, 15) is 0 Å². The minimum absolute atomic E-state index is 0.779. The Bertz CT molecular complexity index is 453. The summed E-state index contributed by atoms with van der Waals surface area (Å²) < 4.78 is 0. The van der Waals surface area contributed by atoms with Crippen molar-refractivity contribution in [1.82, 2.24) is 15.5 Å². The third kappa shape index (κ3) is 4.45. The van der Waals surface area contributed by atoms with Crippen molar-refractivity contribution in [2.24, 2.45) is 10.9 Å². The van der Waals surface area contributed by atoms with E-state index in [0.29, 0.717) is 0 Å². The lowest BCUT2D eigenvalue weighted by Gasteiger charge is -2.17. The molecule has 2 fully saturated rings. The van der Waals surface area contributed by atoms with Crippen molar-refractivity contribution >= 4 is 17.3 Å². The van der Waals surface area contributed by atoms with Crippen LogP contribution in [0.4, 0.5) is 0 Å². The molecule has 1 atom stereocenters. The summed E-state index contributed by atoms with van der Waals surface area (Å²) in [6.45, 7) is 4.55. The Kier molecular flexibility index (Phi) is 5.14. The number of likely N-dealkylation sites (tertiary alicyclic amines) is 1. The molecule has 116 valence electrons. The van der Waals surface area contributed by atoms with E-state index < -0.39 is 0 Å². The van der Waals surface area contributed by atoms with Gasteiger partial charge in [0.2, 0.25) is 0 Å². The van der Waals surface area contributed by atoms with Crippen LogP contribution in [0.15, 0.2) is 22.5 Å². The monoisotopic (exact) mass is 306 g/mol. The highest BCUT2D eigenvalue weighted by atomic mass is 32.1. The fraction of sp³-hybridized carbons (Fsp3) is 0.688. The van der Waals surface area contributed by atoms with E-state index in [-0.39, 0.29) is 0 Å². The number of guanidine groups is 1. The Morgan fingerprint density at radius 2 is 2.29 bits per heavy atom. The lowest BCUT2D eigenvalue weighted by atomic mass is 10.1. The molecule has 1 aliphatic carbocycles. The van der Waals surface area contributed by atoms with Crippen LogP contribution >= 0.6 is 11.3 Å². The smallest absolute Gasteiger partial charge is 0.190 e. The van der Waals surface area contributed by atoms with Crippen molar-refractivity contribution in [2.75, 3.05) is 33.2 Å². The van der Waals surface area contributed by atoms with E-state index in [2.05, 4.69) is 38.0 Å². The van der Waals surface area contributed by atoms with Gasteiger partial charge in [-0.05, 0) is 49.6 Å². The molecule has 2 N–H and O–H groups in total. The fourth-order valence-electron chi connectivity index (χ4n) is 3.02. The van der Waals surface area contributed by atoms with Gasteiger partial charge < -0.3 is 15.5 Å². The van der Waals surface area contributed by atoms with Gasteiger partial charge in [-0.3, -0.25) is 4.99 Å². The number of nitrogens with one attached hydrogen (secondary N) is 2. The Morgan fingerprint density at radius 3 is 3.00 bits per heavy atom. The molecule has 1 aromatic heterocycles. The molecular formula is C16H26N4S. The van der Waals surface area contributed by atoms with Crippen molar-refractivity contribution in [3.05, 3.63) is 22.4 Å². The molecule has 1 aromatic rings. The largest absolute Gasteiger partial charge is 0.356 e. The highest BCUT2D eigenvalue weighted by Gasteiger charge is 2.34. The van der Waals surface area contributed by atoms with Crippen LogP contribution in [-0.2, 0) is 6.42 Å². The summed E-state index contributed by atoms with van der Waals surface area (Å²) in [5.41, 5.74) is 0. The maximum atomic E-state index is 4.32. The van der Waals surface area contributed by atoms with Crippen molar-refractivity contribution in [1.29, 1.82) is 0 Å². The molecular weight excluding hydrogens is 280 g/mol. The summed E-state index contributed by atoms with van der Waals surface area (Å²) in [6.07, 6.45) is 5.24. The van der Waals surface area contributed by atoms with Crippen LogP contribution in [0.3, 0.4) is 0 Å². The predicted octanol–water partition coefficient (Wildman–Crippen LogP) is 1.94. The second kappa shape index (κ2) is 7.27. The fourth-order valence-corrected chi connectivity index (χ4v) is 3.73. The molecule has 5 heteroatoms. The van der Waals surface area contributed by atoms with Gasteiger partial charge in [0.25, 0.3) is 0 Å². The predicted molar refractivity (Wildman–Crippen MR) is 90.1 cm³/mol. The van der Waals surface area contributed by atoms with Gasteiger partial charge in [-0.1, -0.05) is 6.07 Å². The number of nitrogens with zero attached hydrogens (tertiary/aromatic N) is 2. The summed E-state index contributed by atoms with van der Waals surface area (Å²) in [6, 6.07) is 5.21. The number of aliphatic imine (C=N–C) groups is 1. The zero-order valence-electron chi connectivity index (χ0n) is 12.8. The van der Waals surface area contributed by atoms with Gasteiger partial charge in [-0.15, -0.1) is 11.3 Å². The van der Waals surface area contributed by atoms with Crippen molar-refractivity contribution < 1.29 is 0 Å². The second-order valence-corrected chi connectivity index (χ2v) is 7.12. The summed E-state index contributed by atoms with van der Waals surface area (Å²) in [4.78, 5) is 8.41. The maximum absolute atomic E-state index is 4.32. The van der Waals surface area contributed by atoms with Crippen LogP contribution in [0.5, 0.6) is 0 Å². The molecule has 21 heavy (non-hydrogen) atoms. The molecule has 0 bridgehead atoms. The van der Waals surface area contributed by atoms with Crippen LogP contribution in [0.1, 0.15) is 24.1 Å². The molecule has 0 aromatic carbocycles. The van der Waals surface area contributed by atoms with Gasteiger partial charge in [0.1, 0.15) is 0 Å². The zero-order chi connectivity index (χ0) is 14.5. The first-order valence-electron chi connectivity index (χ1n) is 8.06. The quantitative estimate of drug-likeness (QED) is 0.623. The van der Waals surface area contributed by atoms with Crippen molar-refractivity contribution in [3.8, 4) is 0 Å². The molecule has 1 saturated heterocycles. The van der Waals surface area contributed by atoms with Gasteiger partial charge >= 0.3 is 0 Å². The van der Waals surface area contributed by atoms with Crippen molar-refractivity contribution in [3.63, 3.8) is 0 Å². The summed E-state index contributed by atoms with van der Waals surface area (Å²) in [5, 5.41) is 9.03. The highest BCUT2D eigenvalue weighted by molar-refractivity contribution is 7.09. The minimum atomic E-state index is 0.779. The van der Waals surface area contributed by atoms with Crippen LogP contribution < -0.4 is 10.6 Å². The van der Waals surface area contributed by atoms with E-state index in [1.54, 1.807) is 0 Å². The van der Waals surface area contributed by atoms with Gasteiger partial charge in [-0.2, -0.15) is 0 Å². The Balaban J connectivity index is 1.33. The number of thiophene rings is 1. The van der Waals surface area contributed by atoms with Crippen LogP contribution in [0.25, 0.3) is 0 Å². The number of hydrogen-bond donors (Lipinski definition) is 2. The molecule has 1 saturated carbocycles. The summed E-state index contributed by atoms with van der Waals surface area (Å²) in [5.74, 6) is 1.72. The SMILES string of the molecule is CN=C(NCCc1cccs1)NCC1CCN(C2CC2)C1. The van der Waals surface area contributed by atoms with Crippen LogP contribution in [0, 0.1) is 5.92 Å². The van der Waals surface area contributed by atoms with Crippen LogP contribution in [-0.4, -0.2) is 50.1 Å². The first-order chi connectivity index (χ1) is 10.3. The van der Waals surface area contributed by atoms with Gasteiger partial charge in [0, 0.05) is 37.6 Å². The van der Waals surface area contributed by atoms with E-state index in [4.69, 9.17) is 0 Å². The van der Waals surface area contributed by atoms with Crippen molar-refractivity contribution in [2.45, 2.75) is 31.7 Å². The second-order valence-electron chi connectivity index (χ2n) is 6.09. The molecule has 0 spiro atoms. The van der Waals surface area contributed by atoms with E-state index >= 15 is 0 Å². The molecule has 0 amide bonds. The van der Waals surface area contributed by atoms with Gasteiger partial charge in [0.05, 0.1) is 0 Å². The molecule has 2 heterocycles. The highest BCUT2D eigenvalue weighted by Crippen LogP contribution is 2.31. The minimum Gasteiger partial charge on any atom is -0.356 e. The molecule has 3 rings (SSSR count). The average Bonchev–Trinajstić information content (AvgIpc) is 3.02. The molecule has 1 unspecified atom stereocenters. The zero-order valence-corrected chi connectivity index (χ0v) is 13.7. The van der Waals surface area contributed by atoms with Gasteiger partial charge in [-0.25, -0.2) is 0 Å². The molecule has 0 radical (unpaired) electrons. The van der Waals surface area contributed by atoms with Gasteiger partial charge in [0.15, 0.2) is 5.96 Å².